The molecule has 0 atom stereocenters. The van der Waals surface area contributed by atoms with Gasteiger partial charge in [0, 0.05) is 4.88 Å². The van der Waals surface area contributed by atoms with E-state index in [1.54, 1.807) is 24.3 Å². The fourth-order valence-electron chi connectivity index (χ4n) is 1.39. The second kappa shape index (κ2) is 5.97. The number of hydrogen-bond acceptors (Lipinski definition) is 4. The third-order valence-corrected chi connectivity index (χ3v) is 3.06. The Bertz CT molecular complexity index is 550. The van der Waals surface area contributed by atoms with Crippen molar-refractivity contribution in [3.8, 4) is 5.75 Å². The molecule has 0 aliphatic rings. The Morgan fingerprint density at radius 1 is 1.39 bits per heavy atom. The lowest BCUT2D eigenvalue weighted by atomic mass is 10.2. The molecular formula is C13H12N2O2S. The van der Waals surface area contributed by atoms with Crippen molar-refractivity contribution in [1.82, 2.24) is 5.43 Å². The molecule has 4 nitrogen and oxygen atoms in total. The highest BCUT2D eigenvalue weighted by atomic mass is 32.1. The van der Waals surface area contributed by atoms with E-state index in [9.17, 15) is 9.90 Å². The molecule has 2 aromatic rings. The van der Waals surface area contributed by atoms with Gasteiger partial charge in [-0.3, -0.25) is 4.79 Å². The maximum atomic E-state index is 11.5. The SMILES string of the molecule is O=C(Cc1cccs1)NN=Cc1cccc(O)c1. The fraction of sp³-hybridized carbons (Fsp3) is 0.0769. The van der Waals surface area contributed by atoms with E-state index in [0.717, 1.165) is 10.4 Å². The maximum absolute atomic E-state index is 11.5. The van der Waals surface area contributed by atoms with Crippen LogP contribution in [-0.2, 0) is 11.2 Å². The van der Waals surface area contributed by atoms with Crippen molar-refractivity contribution in [2.45, 2.75) is 6.42 Å². The number of carbonyl (C=O) groups excluding carboxylic acids is 1. The largest absolute Gasteiger partial charge is 0.508 e. The Morgan fingerprint density at radius 3 is 3.00 bits per heavy atom. The van der Waals surface area contributed by atoms with Crippen LogP contribution in [0.5, 0.6) is 5.75 Å². The second-order valence-electron chi connectivity index (χ2n) is 3.64. The molecule has 0 bridgehead atoms. The molecule has 0 saturated carbocycles. The lowest BCUT2D eigenvalue weighted by molar-refractivity contribution is -0.120. The van der Waals surface area contributed by atoms with Crippen LogP contribution in [-0.4, -0.2) is 17.2 Å². The molecule has 18 heavy (non-hydrogen) atoms. The first kappa shape index (κ1) is 12.3. The number of aromatic hydroxyl groups is 1. The van der Waals surface area contributed by atoms with Gasteiger partial charge >= 0.3 is 0 Å². The van der Waals surface area contributed by atoms with E-state index in [0.29, 0.717) is 6.42 Å². The molecule has 1 amide bonds. The van der Waals surface area contributed by atoms with Crippen LogP contribution in [0.1, 0.15) is 10.4 Å². The lowest BCUT2D eigenvalue weighted by Gasteiger charge is -1.97. The second-order valence-corrected chi connectivity index (χ2v) is 4.68. The first-order valence-electron chi connectivity index (χ1n) is 5.37. The number of hydrogen-bond donors (Lipinski definition) is 2. The summed E-state index contributed by atoms with van der Waals surface area (Å²) in [6.45, 7) is 0. The van der Waals surface area contributed by atoms with Crippen LogP contribution in [0, 0.1) is 0 Å². The molecule has 1 heterocycles. The number of phenolic OH excluding ortho intramolecular Hbond substituents is 1. The highest BCUT2D eigenvalue weighted by Crippen LogP contribution is 2.09. The molecule has 0 unspecified atom stereocenters. The zero-order chi connectivity index (χ0) is 12.8. The van der Waals surface area contributed by atoms with E-state index < -0.39 is 0 Å². The number of phenols is 1. The van der Waals surface area contributed by atoms with Crippen molar-refractivity contribution < 1.29 is 9.90 Å². The van der Waals surface area contributed by atoms with Crippen molar-refractivity contribution >= 4 is 23.5 Å². The number of nitrogens with zero attached hydrogens (tertiary/aromatic N) is 1. The number of hydrazone groups is 1. The molecule has 0 radical (unpaired) electrons. The van der Waals surface area contributed by atoms with E-state index in [1.165, 1.54) is 17.6 Å². The standard InChI is InChI=1S/C13H12N2O2S/c16-11-4-1-3-10(7-11)9-14-15-13(17)8-12-5-2-6-18-12/h1-7,9,16H,8H2,(H,15,17). The number of carbonyl (C=O) groups is 1. The van der Waals surface area contributed by atoms with Crippen LogP contribution in [0.3, 0.4) is 0 Å². The molecule has 1 aromatic carbocycles. The van der Waals surface area contributed by atoms with E-state index in [4.69, 9.17) is 0 Å². The minimum absolute atomic E-state index is 0.158. The molecule has 2 rings (SSSR count). The fourth-order valence-corrected chi connectivity index (χ4v) is 2.10. The minimum Gasteiger partial charge on any atom is -0.508 e. The minimum atomic E-state index is -0.158. The van der Waals surface area contributed by atoms with Gasteiger partial charge in [-0.15, -0.1) is 11.3 Å². The summed E-state index contributed by atoms with van der Waals surface area (Å²) in [4.78, 5) is 12.5. The van der Waals surface area contributed by atoms with Crippen LogP contribution in [0.25, 0.3) is 0 Å². The molecule has 0 fully saturated rings. The molecule has 1 aromatic heterocycles. The summed E-state index contributed by atoms with van der Waals surface area (Å²) in [6.07, 6.45) is 1.82. The number of nitrogens with one attached hydrogen (secondary N) is 1. The van der Waals surface area contributed by atoms with Crippen LogP contribution < -0.4 is 5.43 Å². The van der Waals surface area contributed by atoms with E-state index in [2.05, 4.69) is 10.5 Å². The number of benzene rings is 1. The Balaban J connectivity index is 1.86. The molecule has 0 saturated heterocycles. The zero-order valence-electron chi connectivity index (χ0n) is 9.54. The smallest absolute Gasteiger partial charge is 0.245 e. The first-order chi connectivity index (χ1) is 8.74. The monoisotopic (exact) mass is 260 g/mol. The summed E-state index contributed by atoms with van der Waals surface area (Å²) < 4.78 is 0. The summed E-state index contributed by atoms with van der Waals surface area (Å²) in [5.41, 5.74) is 3.17. The van der Waals surface area contributed by atoms with Gasteiger partial charge in [0.2, 0.25) is 5.91 Å². The molecule has 5 heteroatoms. The van der Waals surface area contributed by atoms with Gasteiger partial charge < -0.3 is 5.11 Å². The van der Waals surface area contributed by atoms with Crippen molar-refractivity contribution in [1.29, 1.82) is 0 Å². The highest BCUT2D eigenvalue weighted by molar-refractivity contribution is 7.10. The van der Waals surface area contributed by atoms with Gasteiger partial charge in [-0.25, -0.2) is 5.43 Å². The Hall–Kier alpha value is -2.14. The van der Waals surface area contributed by atoms with Crippen LogP contribution in [0.4, 0.5) is 0 Å². The third kappa shape index (κ3) is 3.71. The average Bonchev–Trinajstić information content (AvgIpc) is 2.82. The molecule has 2 N–H and O–H groups in total. The van der Waals surface area contributed by atoms with Crippen molar-refractivity contribution in [2.75, 3.05) is 0 Å². The van der Waals surface area contributed by atoms with Gasteiger partial charge in [-0.05, 0) is 29.1 Å². The summed E-state index contributed by atoms with van der Waals surface area (Å²) in [7, 11) is 0. The Kier molecular flexibility index (Phi) is 4.09. The van der Waals surface area contributed by atoms with Gasteiger partial charge in [0.05, 0.1) is 12.6 Å². The Morgan fingerprint density at radius 2 is 2.28 bits per heavy atom. The summed E-state index contributed by atoms with van der Waals surface area (Å²) in [5, 5.41) is 15.0. The quantitative estimate of drug-likeness (QED) is 0.653. The summed E-state index contributed by atoms with van der Waals surface area (Å²) in [6, 6.07) is 10.5. The molecule has 0 spiro atoms. The van der Waals surface area contributed by atoms with E-state index >= 15 is 0 Å². The molecule has 0 aliphatic carbocycles. The zero-order valence-corrected chi connectivity index (χ0v) is 10.4. The van der Waals surface area contributed by atoms with Gasteiger partial charge in [0.15, 0.2) is 0 Å². The number of thiophene rings is 1. The molecule has 92 valence electrons. The lowest BCUT2D eigenvalue weighted by Crippen LogP contribution is -2.19. The van der Waals surface area contributed by atoms with Gasteiger partial charge in [-0.2, -0.15) is 5.10 Å². The van der Waals surface area contributed by atoms with Gasteiger partial charge in [-0.1, -0.05) is 18.2 Å². The molecule has 0 aliphatic heterocycles. The number of amides is 1. The highest BCUT2D eigenvalue weighted by Gasteiger charge is 2.01. The first-order valence-corrected chi connectivity index (χ1v) is 6.25. The third-order valence-electron chi connectivity index (χ3n) is 2.19. The maximum Gasteiger partial charge on any atom is 0.245 e. The topological polar surface area (TPSA) is 61.7 Å². The molecular weight excluding hydrogens is 248 g/mol. The summed E-state index contributed by atoms with van der Waals surface area (Å²) in [5.74, 6) is 0.0118. The van der Waals surface area contributed by atoms with E-state index in [-0.39, 0.29) is 11.7 Å². The average molecular weight is 260 g/mol. The van der Waals surface area contributed by atoms with Crippen molar-refractivity contribution in [2.24, 2.45) is 5.10 Å². The number of rotatable bonds is 4. The predicted octanol–water partition coefficient (Wildman–Crippen LogP) is 2.15. The predicted molar refractivity (Wildman–Crippen MR) is 71.9 cm³/mol. The van der Waals surface area contributed by atoms with Crippen LogP contribution in [0.2, 0.25) is 0 Å². The van der Waals surface area contributed by atoms with Crippen molar-refractivity contribution in [3.63, 3.8) is 0 Å². The normalized spacial score (nSPS) is 10.7. The van der Waals surface area contributed by atoms with Gasteiger partial charge in [0.25, 0.3) is 0 Å². The van der Waals surface area contributed by atoms with E-state index in [1.807, 2.05) is 17.5 Å². The van der Waals surface area contributed by atoms with Crippen LogP contribution >= 0.6 is 11.3 Å². The van der Waals surface area contributed by atoms with Crippen LogP contribution in [0.15, 0.2) is 46.9 Å². The Labute approximate surface area is 109 Å². The van der Waals surface area contributed by atoms with Gasteiger partial charge in [0.1, 0.15) is 5.75 Å². The summed E-state index contributed by atoms with van der Waals surface area (Å²) >= 11 is 1.54. The van der Waals surface area contributed by atoms with Crippen molar-refractivity contribution in [3.05, 3.63) is 52.2 Å².